The van der Waals surface area contributed by atoms with Crippen LogP contribution in [0.3, 0.4) is 0 Å². The second kappa shape index (κ2) is 5.40. The molecular weight excluding hydrogens is 293 g/mol. The van der Waals surface area contributed by atoms with Crippen molar-refractivity contribution in [1.29, 1.82) is 0 Å². The van der Waals surface area contributed by atoms with E-state index in [0.717, 1.165) is 25.7 Å². The van der Waals surface area contributed by atoms with E-state index in [2.05, 4.69) is 0 Å². The van der Waals surface area contributed by atoms with Crippen molar-refractivity contribution in [2.24, 2.45) is 0 Å². The van der Waals surface area contributed by atoms with Gasteiger partial charge in [-0.05, 0) is 37.3 Å². The van der Waals surface area contributed by atoms with E-state index < -0.39 is 11.6 Å². The predicted octanol–water partition coefficient (Wildman–Crippen LogP) is 2.66. The molecule has 0 aromatic carbocycles. The van der Waals surface area contributed by atoms with Crippen molar-refractivity contribution in [2.75, 3.05) is 13.1 Å². The molecule has 4 nitrogen and oxygen atoms in total. The molecule has 1 amide bonds. The van der Waals surface area contributed by atoms with Gasteiger partial charge in [0.2, 0.25) is 5.67 Å². The van der Waals surface area contributed by atoms with Crippen LogP contribution in [0.2, 0.25) is 0 Å². The summed E-state index contributed by atoms with van der Waals surface area (Å²) in [5, 5.41) is 8.90. The third kappa shape index (κ3) is 2.69. The quantitative estimate of drug-likeness (QED) is 0.854. The Bertz CT molecular complexity index is 562. The Morgan fingerprint density at radius 1 is 1.29 bits per heavy atom. The molecule has 1 unspecified atom stereocenters. The lowest BCUT2D eigenvalue weighted by atomic mass is 10.1. The zero-order valence-electron chi connectivity index (χ0n) is 11.7. The minimum absolute atomic E-state index is 0.126. The highest BCUT2D eigenvalue weighted by Gasteiger charge is 2.47. The van der Waals surface area contributed by atoms with Crippen molar-refractivity contribution in [2.45, 2.75) is 44.2 Å². The highest BCUT2D eigenvalue weighted by molar-refractivity contribution is 7.14. The van der Waals surface area contributed by atoms with E-state index in [1.807, 2.05) is 6.07 Å². The van der Waals surface area contributed by atoms with Crippen LogP contribution in [-0.4, -0.2) is 40.6 Å². The van der Waals surface area contributed by atoms with Gasteiger partial charge in [-0.15, -0.1) is 11.3 Å². The van der Waals surface area contributed by atoms with Crippen LogP contribution in [0, 0.1) is 0 Å². The Kier molecular flexibility index (Phi) is 3.73. The van der Waals surface area contributed by atoms with Crippen molar-refractivity contribution in [3.05, 3.63) is 21.4 Å². The zero-order chi connectivity index (χ0) is 15.0. The first-order valence-electron chi connectivity index (χ1n) is 7.33. The number of alkyl halides is 1. The summed E-state index contributed by atoms with van der Waals surface area (Å²) in [5.41, 5.74) is -1.05. The van der Waals surface area contributed by atoms with Gasteiger partial charge < -0.3 is 10.0 Å². The number of carbonyl (C=O) groups is 2. The number of nitrogens with zero attached hydrogens (tertiary/aromatic N) is 1. The first-order valence-corrected chi connectivity index (χ1v) is 8.14. The number of carboxylic acids is 1. The number of aryl methyl sites for hydroxylation is 2. The van der Waals surface area contributed by atoms with Crippen LogP contribution in [0.15, 0.2) is 6.07 Å². The molecule has 0 spiro atoms. The summed E-state index contributed by atoms with van der Waals surface area (Å²) in [6, 6.07) is 1.92. The van der Waals surface area contributed by atoms with Gasteiger partial charge in [-0.3, -0.25) is 4.79 Å². The second-order valence-electron chi connectivity index (χ2n) is 5.87. The smallest absolute Gasteiger partial charge is 0.343 e. The number of halogens is 1. The Hall–Kier alpha value is -1.43. The molecule has 6 heteroatoms. The van der Waals surface area contributed by atoms with Gasteiger partial charge in [0, 0.05) is 17.8 Å². The van der Waals surface area contributed by atoms with E-state index in [1.54, 1.807) is 0 Å². The van der Waals surface area contributed by atoms with Gasteiger partial charge in [0.05, 0.1) is 11.4 Å². The first kappa shape index (κ1) is 14.5. The maximum Gasteiger partial charge on any atom is 0.343 e. The molecule has 0 saturated carbocycles. The third-order valence-corrected chi connectivity index (χ3v) is 5.57. The molecule has 0 bridgehead atoms. The van der Waals surface area contributed by atoms with Crippen molar-refractivity contribution < 1.29 is 19.1 Å². The molecule has 1 N–H and O–H groups in total. The average Bonchev–Trinajstić information content (AvgIpc) is 2.98. The minimum Gasteiger partial charge on any atom is -0.479 e. The lowest BCUT2D eigenvalue weighted by Crippen LogP contribution is -2.38. The Morgan fingerprint density at radius 2 is 2.05 bits per heavy atom. The van der Waals surface area contributed by atoms with E-state index in [4.69, 9.17) is 5.11 Å². The Morgan fingerprint density at radius 3 is 2.76 bits per heavy atom. The molecule has 1 fully saturated rings. The number of likely N-dealkylation sites (tertiary alicyclic amines) is 1. The lowest BCUT2D eigenvalue weighted by Gasteiger charge is -2.16. The van der Waals surface area contributed by atoms with Crippen LogP contribution in [0.1, 0.15) is 45.8 Å². The summed E-state index contributed by atoms with van der Waals surface area (Å²) in [4.78, 5) is 26.6. The summed E-state index contributed by atoms with van der Waals surface area (Å²) in [6.45, 7) is -0.173. The molecule has 21 heavy (non-hydrogen) atoms. The SMILES string of the molecule is O=C(c1cc2c(s1)CCCCC2)N1CCC(F)(C(=O)O)C1. The van der Waals surface area contributed by atoms with Crippen molar-refractivity contribution in [1.82, 2.24) is 4.90 Å². The normalized spacial score (nSPS) is 25.5. The number of hydrogen-bond acceptors (Lipinski definition) is 3. The molecule has 1 atom stereocenters. The summed E-state index contributed by atoms with van der Waals surface area (Å²) >= 11 is 1.49. The summed E-state index contributed by atoms with van der Waals surface area (Å²) < 4.78 is 14.1. The molecule has 1 aliphatic carbocycles. The van der Waals surface area contributed by atoms with Crippen LogP contribution in [-0.2, 0) is 17.6 Å². The van der Waals surface area contributed by atoms with E-state index in [9.17, 15) is 14.0 Å². The van der Waals surface area contributed by atoms with Gasteiger partial charge >= 0.3 is 5.97 Å². The summed E-state index contributed by atoms with van der Waals surface area (Å²) in [6.07, 6.45) is 5.40. The third-order valence-electron chi connectivity index (χ3n) is 4.35. The van der Waals surface area contributed by atoms with Crippen LogP contribution in [0.5, 0.6) is 0 Å². The standard InChI is InChI=1S/C15H18FNO3S/c16-15(14(19)20)6-7-17(9-15)13(18)12-8-10-4-2-1-3-5-11(10)21-12/h8H,1-7,9H2,(H,19,20). The van der Waals surface area contributed by atoms with Gasteiger partial charge in [0.15, 0.2) is 0 Å². The molecule has 114 valence electrons. The number of rotatable bonds is 2. The molecular formula is C15H18FNO3S. The Labute approximate surface area is 126 Å². The molecule has 3 rings (SSSR count). The molecule has 1 aromatic heterocycles. The number of carboxylic acid groups (broad SMARTS) is 1. The molecule has 1 saturated heterocycles. The van der Waals surface area contributed by atoms with Crippen LogP contribution < -0.4 is 0 Å². The summed E-state index contributed by atoms with van der Waals surface area (Å²) in [7, 11) is 0. The van der Waals surface area contributed by atoms with Gasteiger partial charge in [-0.1, -0.05) is 6.42 Å². The van der Waals surface area contributed by atoms with Crippen LogP contribution in [0.25, 0.3) is 0 Å². The maximum atomic E-state index is 14.1. The number of aliphatic carboxylic acids is 1. The Balaban J connectivity index is 1.76. The topological polar surface area (TPSA) is 57.6 Å². The molecule has 0 radical (unpaired) electrons. The number of amides is 1. The summed E-state index contributed by atoms with van der Waals surface area (Å²) in [5.74, 6) is -1.70. The maximum absolute atomic E-state index is 14.1. The fourth-order valence-corrected chi connectivity index (χ4v) is 4.27. The fourth-order valence-electron chi connectivity index (χ4n) is 3.05. The van der Waals surface area contributed by atoms with Gasteiger partial charge in [0.25, 0.3) is 5.91 Å². The van der Waals surface area contributed by atoms with E-state index in [1.165, 1.54) is 33.1 Å². The van der Waals surface area contributed by atoms with Crippen molar-refractivity contribution in [3.63, 3.8) is 0 Å². The molecule has 1 aromatic rings. The van der Waals surface area contributed by atoms with E-state index >= 15 is 0 Å². The second-order valence-corrected chi connectivity index (χ2v) is 7.00. The van der Waals surface area contributed by atoms with Gasteiger partial charge in [-0.25, -0.2) is 9.18 Å². The monoisotopic (exact) mass is 311 g/mol. The lowest BCUT2D eigenvalue weighted by molar-refractivity contribution is -0.149. The largest absolute Gasteiger partial charge is 0.479 e. The predicted molar refractivity (Wildman–Crippen MR) is 77.6 cm³/mol. The van der Waals surface area contributed by atoms with Crippen molar-refractivity contribution >= 4 is 23.2 Å². The zero-order valence-corrected chi connectivity index (χ0v) is 12.5. The number of hydrogen-bond donors (Lipinski definition) is 1. The first-order chi connectivity index (χ1) is 9.99. The molecule has 2 aliphatic rings. The number of fused-ring (bicyclic) bond motifs is 1. The van der Waals surface area contributed by atoms with Crippen LogP contribution >= 0.6 is 11.3 Å². The molecule has 1 aliphatic heterocycles. The van der Waals surface area contributed by atoms with Crippen molar-refractivity contribution in [3.8, 4) is 0 Å². The van der Waals surface area contributed by atoms with Gasteiger partial charge in [0.1, 0.15) is 0 Å². The number of thiophene rings is 1. The highest BCUT2D eigenvalue weighted by Crippen LogP contribution is 2.32. The van der Waals surface area contributed by atoms with Gasteiger partial charge in [-0.2, -0.15) is 0 Å². The average molecular weight is 311 g/mol. The molecule has 2 heterocycles. The van der Waals surface area contributed by atoms with Crippen LogP contribution in [0.4, 0.5) is 4.39 Å². The number of carbonyl (C=O) groups excluding carboxylic acids is 1. The fraction of sp³-hybridized carbons (Fsp3) is 0.600. The van der Waals surface area contributed by atoms with E-state index in [-0.39, 0.29) is 25.4 Å². The highest BCUT2D eigenvalue weighted by atomic mass is 32.1. The minimum atomic E-state index is -2.29. The van der Waals surface area contributed by atoms with E-state index in [0.29, 0.717) is 4.88 Å².